The largest absolute Gasteiger partial charge is 0.416 e. The molecule has 1 saturated heterocycles. The standard InChI is InChI=1S/C20H29F3N2O/c1-15(2)24-19(26)10-12-25-11-4-6-17(14-25)9-8-16-5-3-7-18(13-16)20(21,22)23/h3,5,7,13,15,17H,4,6,8-12,14H2,1-2H3,(H,24,26). The fraction of sp³-hybridized carbons (Fsp3) is 0.650. The van der Waals surface area contributed by atoms with Gasteiger partial charge in [0.2, 0.25) is 5.91 Å². The van der Waals surface area contributed by atoms with E-state index in [1.54, 1.807) is 6.07 Å². The molecular formula is C20H29F3N2O. The van der Waals surface area contributed by atoms with Gasteiger partial charge in [-0.05, 0) is 63.6 Å². The first-order valence-corrected chi connectivity index (χ1v) is 9.42. The van der Waals surface area contributed by atoms with E-state index in [2.05, 4.69) is 10.2 Å². The molecule has 0 radical (unpaired) electrons. The van der Waals surface area contributed by atoms with Crippen molar-refractivity contribution in [2.75, 3.05) is 19.6 Å². The molecule has 1 N–H and O–H groups in total. The second-order valence-corrected chi connectivity index (χ2v) is 7.52. The Morgan fingerprint density at radius 2 is 2.12 bits per heavy atom. The van der Waals surface area contributed by atoms with E-state index in [1.165, 1.54) is 12.1 Å². The average Bonchev–Trinajstić information content (AvgIpc) is 2.57. The SMILES string of the molecule is CC(C)NC(=O)CCN1CCCC(CCc2cccc(C(F)(F)F)c2)C1. The van der Waals surface area contributed by atoms with Gasteiger partial charge in [-0.3, -0.25) is 4.79 Å². The molecule has 6 heteroatoms. The van der Waals surface area contributed by atoms with E-state index in [-0.39, 0.29) is 11.9 Å². The van der Waals surface area contributed by atoms with Crippen molar-refractivity contribution in [1.29, 1.82) is 0 Å². The summed E-state index contributed by atoms with van der Waals surface area (Å²) in [7, 11) is 0. The van der Waals surface area contributed by atoms with E-state index in [1.807, 2.05) is 13.8 Å². The van der Waals surface area contributed by atoms with E-state index in [0.29, 0.717) is 18.8 Å². The van der Waals surface area contributed by atoms with Crippen molar-refractivity contribution in [2.24, 2.45) is 5.92 Å². The molecule has 146 valence electrons. The molecule has 0 aliphatic carbocycles. The first kappa shape index (κ1) is 20.7. The Balaban J connectivity index is 1.79. The number of carbonyl (C=O) groups is 1. The molecule has 0 saturated carbocycles. The average molecular weight is 370 g/mol. The maximum atomic E-state index is 12.8. The molecule has 2 rings (SSSR count). The molecule has 1 unspecified atom stereocenters. The van der Waals surface area contributed by atoms with Gasteiger partial charge in [-0.2, -0.15) is 13.2 Å². The van der Waals surface area contributed by atoms with Crippen molar-refractivity contribution in [3.8, 4) is 0 Å². The number of aryl methyl sites for hydroxylation is 1. The number of rotatable bonds is 7. The van der Waals surface area contributed by atoms with Gasteiger partial charge in [0.15, 0.2) is 0 Å². The minimum absolute atomic E-state index is 0.0751. The second kappa shape index (κ2) is 9.40. The zero-order valence-corrected chi connectivity index (χ0v) is 15.6. The Morgan fingerprint density at radius 1 is 1.35 bits per heavy atom. The number of amides is 1. The lowest BCUT2D eigenvalue weighted by molar-refractivity contribution is -0.137. The summed E-state index contributed by atoms with van der Waals surface area (Å²) in [5, 5.41) is 2.90. The summed E-state index contributed by atoms with van der Waals surface area (Å²) < 4.78 is 38.4. The zero-order valence-electron chi connectivity index (χ0n) is 15.6. The van der Waals surface area contributed by atoms with Gasteiger partial charge in [0.1, 0.15) is 0 Å². The summed E-state index contributed by atoms with van der Waals surface area (Å²) in [6.07, 6.45) is -0.0499. The van der Waals surface area contributed by atoms with Crippen molar-refractivity contribution in [3.63, 3.8) is 0 Å². The van der Waals surface area contributed by atoms with Gasteiger partial charge in [0.05, 0.1) is 5.56 Å². The van der Waals surface area contributed by atoms with Gasteiger partial charge in [-0.15, -0.1) is 0 Å². The Bertz CT molecular complexity index is 587. The highest BCUT2D eigenvalue weighted by atomic mass is 19.4. The van der Waals surface area contributed by atoms with Crippen molar-refractivity contribution < 1.29 is 18.0 Å². The molecule has 1 fully saturated rings. The predicted octanol–water partition coefficient (Wildman–Crippen LogP) is 4.26. The third kappa shape index (κ3) is 6.98. The molecule has 1 amide bonds. The number of nitrogens with one attached hydrogen (secondary N) is 1. The second-order valence-electron chi connectivity index (χ2n) is 7.52. The molecule has 1 aromatic carbocycles. The van der Waals surface area contributed by atoms with E-state index < -0.39 is 11.7 Å². The minimum Gasteiger partial charge on any atom is -0.354 e. The molecule has 0 bridgehead atoms. The van der Waals surface area contributed by atoms with Crippen LogP contribution in [0.15, 0.2) is 24.3 Å². The molecular weight excluding hydrogens is 341 g/mol. The number of hydrogen-bond donors (Lipinski definition) is 1. The van der Waals surface area contributed by atoms with Crippen molar-refractivity contribution >= 4 is 5.91 Å². The summed E-state index contributed by atoms with van der Waals surface area (Å²) >= 11 is 0. The highest BCUT2D eigenvalue weighted by Gasteiger charge is 2.30. The number of hydrogen-bond acceptors (Lipinski definition) is 2. The Morgan fingerprint density at radius 3 is 2.81 bits per heavy atom. The first-order chi connectivity index (χ1) is 12.2. The number of nitrogens with zero attached hydrogens (tertiary/aromatic N) is 1. The van der Waals surface area contributed by atoms with Gasteiger partial charge >= 0.3 is 6.18 Å². The van der Waals surface area contributed by atoms with Crippen molar-refractivity contribution in [3.05, 3.63) is 35.4 Å². The van der Waals surface area contributed by atoms with Gasteiger partial charge < -0.3 is 10.2 Å². The third-order valence-corrected chi connectivity index (χ3v) is 4.80. The van der Waals surface area contributed by atoms with Crippen LogP contribution in [-0.4, -0.2) is 36.5 Å². The van der Waals surface area contributed by atoms with Crippen LogP contribution in [0.25, 0.3) is 0 Å². The molecule has 0 aromatic heterocycles. The highest BCUT2D eigenvalue weighted by molar-refractivity contribution is 5.76. The third-order valence-electron chi connectivity index (χ3n) is 4.80. The first-order valence-electron chi connectivity index (χ1n) is 9.42. The van der Waals surface area contributed by atoms with Crippen molar-refractivity contribution in [1.82, 2.24) is 10.2 Å². The van der Waals surface area contributed by atoms with Crippen LogP contribution in [0, 0.1) is 5.92 Å². The van der Waals surface area contributed by atoms with Gasteiger partial charge in [-0.1, -0.05) is 18.2 Å². The summed E-state index contributed by atoms with van der Waals surface area (Å²) in [5.41, 5.74) is 0.171. The maximum absolute atomic E-state index is 12.8. The van der Waals surface area contributed by atoms with Crippen LogP contribution >= 0.6 is 0 Å². The summed E-state index contributed by atoms with van der Waals surface area (Å²) in [5.74, 6) is 0.553. The topological polar surface area (TPSA) is 32.3 Å². The molecule has 1 heterocycles. The molecule has 1 atom stereocenters. The molecule has 1 aliphatic heterocycles. The molecule has 26 heavy (non-hydrogen) atoms. The number of carbonyl (C=O) groups excluding carboxylic acids is 1. The summed E-state index contributed by atoms with van der Waals surface area (Å²) in [6, 6.07) is 5.79. The van der Waals surface area contributed by atoms with Gasteiger partial charge in [0, 0.05) is 25.6 Å². The van der Waals surface area contributed by atoms with Gasteiger partial charge in [-0.25, -0.2) is 0 Å². The number of benzene rings is 1. The Labute approximate surface area is 154 Å². The van der Waals surface area contributed by atoms with Crippen molar-refractivity contribution in [2.45, 2.75) is 58.2 Å². The lowest BCUT2D eigenvalue weighted by Gasteiger charge is -2.32. The fourth-order valence-corrected chi connectivity index (χ4v) is 3.52. The molecule has 3 nitrogen and oxygen atoms in total. The maximum Gasteiger partial charge on any atom is 0.416 e. The highest BCUT2D eigenvalue weighted by Crippen LogP contribution is 2.30. The van der Waals surface area contributed by atoms with Crippen LogP contribution in [0.1, 0.15) is 50.7 Å². The summed E-state index contributed by atoms with van der Waals surface area (Å²) in [4.78, 5) is 14.1. The minimum atomic E-state index is -4.28. The lowest BCUT2D eigenvalue weighted by Crippen LogP contribution is -2.39. The van der Waals surface area contributed by atoms with Crippen LogP contribution in [0.3, 0.4) is 0 Å². The Hall–Kier alpha value is -1.56. The van der Waals surface area contributed by atoms with E-state index >= 15 is 0 Å². The molecule has 1 aliphatic rings. The quantitative estimate of drug-likeness (QED) is 0.778. The van der Waals surface area contributed by atoms with Crippen LogP contribution in [0.5, 0.6) is 0 Å². The van der Waals surface area contributed by atoms with Crippen LogP contribution in [0.4, 0.5) is 13.2 Å². The Kier molecular flexibility index (Phi) is 7.50. The molecule has 0 spiro atoms. The van der Waals surface area contributed by atoms with E-state index in [0.717, 1.165) is 50.5 Å². The molecule has 1 aromatic rings. The summed E-state index contributed by atoms with van der Waals surface area (Å²) in [6.45, 7) is 6.56. The lowest BCUT2D eigenvalue weighted by atomic mass is 9.91. The monoisotopic (exact) mass is 370 g/mol. The normalized spacial score (nSPS) is 18.9. The number of alkyl halides is 3. The number of likely N-dealkylation sites (tertiary alicyclic amines) is 1. The van der Waals surface area contributed by atoms with E-state index in [9.17, 15) is 18.0 Å². The zero-order chi connectivity index (χ0) is 19.2. The smallest absolute Gasteiger partial charge is 0.354 e. The number of piperidine rings is 1. The fourth-order valence-electron chi connectivity index (χ4n) is 3.52. The van der Waals surface area contributed by atoms with Crippen LogP contribution in [-0.2, 0) is 17.4 Å². The van der Waals surface area contributed by atoms with E-state index in [4.69, 9.17) is 0 Å². The van der Waals surface area contributed by atoms with Crippen LogP contribution in [0.2, 0.25) is 0 Å². The van der Waals surface area contributed by atoms with Gasteiger partial charge in [0.25, 0.3) is 0 Å². The number of halogens is 3. The predicted molar refractivity (Wildman–Crippen MR) is 96.8 cm³/mol. The van der Waals surface area contributed by atoms with Crippen LogP contribution < -0.4 is 5.32 Å².